The Bertz CT molecular complexity index is 296. The summed E-state index contributed by atoms with van der Waals surface area (Å²) in [5, 5.41) is 2.78. The molecule has 1 atom stereocenters. The van der Waals surface area contributed by atoms with Crippen LogP contribution in [0.5, 0.6) is 0 Å². The van der Waals surface area contributed by atoms with E-state index < -0.39 is 23.4 Å². The van der Waals surface area contributed by atoms with Gasteiger partial charge in [-0.05, 0) is 46.6 Å². The minimum Gasteiger partial charge on any atom is -0.444 e. The van der Waals surface area contributed by atoms with Gasteiger partial charge in [-0.1, -0.05) is 19.3 Å². The first-order chi connectivity index (χ1) is 8.79. The van der Waals surface area contributed by atoms with Crippen LogP contribution in [-0.2, 0) is 4.74 Å². The van der Waals surface area contributed by atoms with Crippen LogP contribution in [0.3, 0.4) is 0 Å². The van der Waals surface area contributed by atoms with Gasteiger partial charge in [-0.3, -0.25) is 0 Å². The summed E-state index contributed by atoms with van der Waals surface area (Å²) in [6.07, 6.45) is 2.91. The third-order valence-corrected chi connectivity index (χ3v) is 3.52. The Labute approximate surface area is 115 Å². The first kappa shape index (κ1) is 16.2. The molecule has 3 N–H and O–H groups in total. The number of nitrogens with two attached hydrogens (primary N) is 1. The van der Waals surface area contributed by atoms with Crippen molar-refractivity contribution < 1.29 is 13.9 Å². The van der Waals surface area contributed by atoms with Crippen LogP contribution in [-0.4, -0.2) is 29.9 Å². The molecule has 1 unspecified atom stereocenters. The van der Waals surface area contributed by atoms with Crippen molar-refractivity contribution in [2.75, 3.05) is 6.54 Å². The molecule has 19 heavy (non-hydrogen) atoms. The van der Waals surface area contributed by atoms with E-state index in [9.17, 15) is 9.18 Å². The van der Waals surface area contributed by atoms with Crippen LogP contribution < -0.4 is 11.1 Å². The molecule has 1 aliphatic carbocycles. The number of carbonyl (C=O) groups excluding carboxylic acids is 1. The van der Waals surface area contributed by atoms with E-state index in [0.717, 1.165) is 19.3 Å². The van der Waals surface area contributed by atoms with E-state index >= 15 is 0 Å². The summed E-state index contributed by atoms with van der Waals surface area (Å²) in [7, 11) is 0. The number of halogens is 1. The Morgan fingerprint density at radius 1 is 1.37 bits per heavy atom. The van der Waals surface area contributed by atoms with Crippen LogP contribution >= 0.6 is 0 Å². The number of alkyl halides is 1. The maximum atomic E-state index is 14.4. The number of hydrogen-bond acceptors (Lipinski definition) is 3. The molecule has 1 fully saturated rings. The first-order valence-electron chi connectivity index (χ1n) is 7.14. The summed E-state index contributed by atoms with van der Waals surface area (Å²) in [5.74, 6) is 0. The monoisotopic (exact) mass is 274 g/mol. The van der Waals surface area contributed by atoms with E-state index in [2.05, 4.69) is 5.32 Å². The summed E-state index contributed by atoms with van der Waals surface area (Å²) in [6, 6.07) is 0. The molecule has 1 aliphatic rings. The molecule has 1 amide bonds. The SMILES string of the molecule is CC(C)(C)OC(=O)NC1(C(F)CCN)CCCCC1. The van der Waals surface area contributed by atoms with Gasteiger partial charge >= 0.3 is 6.09 Å². The topological polar surface area (TPSA) is 64.3 Å². The van der Waals surface area contributed by atoms with E-state index in [1.54, 1.807) is 20.8 Å². The predicted molar refractivity (Wildman–Crippen MR) is 73.8 cm³/mol. The van der Waals surface area contributed by atoms with Crippen LogP contribution in [0.4, 0.5) is 9.18 Å². The summed E-state index contributed by atoms with van der Waals surface area (Å²) >= 11 is 0. The molecule has 112 valence electrons. The molecule has 0 bridgehead atoms. The maximum Gasteiger partial charge on any atom is 0.408 e. The molecule has 0 radical (unpaired) electrons. The van der Waals surface area contributed by atoms with Crippen molar-refractivity contribution in [3.63, 3.8) is 0 Å². The molecule has 0 aliphatic heterocycles. The van der Waals surface area contributed by atoms with Gasteiger partial charge in [0.1, 0.15) is 11.8 Å². The highest BCUT2D eigenvalue weighted by Gasteiger charge is 2.42. The largest absolute Gasteiger partial charge is 0.444 e. The van der Waals surface area contributed by atoms with E-state index in [4.69, 9.17) is 10.5 Å². The van der Waals surface area contributed by atoms with Crippen molar-refractivity contribution in [3.05, 3.63) is 0 Å². The second kappa shape index (κ2) is 6.55. The summed E-state index contributed by atoms with van der Waals surface area (Å²) in [6.45, 7) is 5.69. The zero-order valence-corrected chi connectivity index (χ0v) is 12.3. The van der Waals surface area contributed by atoms with Gasteiger partial charge < -0.3 is 15.8 Å². The summed E-state index contributed by atoms with van der Waals surface area (Å²) in [5.41, 5.74) is 4.08. The zero-order valence-electron chi connectivity index (χ0n) is 12.3. The Morgan fingerprint density at radius 2 is 1.95 bits per heavy atom. The Kier molecular flexibility index (Phi) is 5.59. The molecular weight excluding hydrogens is 247 g/mol. The third kappa shape index (κ3) is 4.97. The van der Waals surface area contributed by atoms with Crippen molar-refractivity contribution in [2.45, 2.75) is 76.6 Å². The fourth-order valence-corrected chi connectivity index (χ4v) is 2.63. The van der Waals surface area contributed by atoms with E-state index in [1.165, 1.54) is 0 Å². The standard InChI is InChI=1S/C14H27FN2O2/c1-13(2,3)19-12(18)17-14(11(15)7-10-16)8-5-4-6-9-14/h11H,4-10,16H2,1-3H3,(H,17,18). The zero-order chi connectivity index (χ0) is 14.5. The molecule has 0 spiro atoms. The molecule has 0 aromatic heterocycles. The molecule has 1 saturated carbocycles. The summed E-state index contributed by atoms with van der Waals surface area (Å²) < 4.78 is 19.6. The Balaban J connectivity index is 2.71. The van der Waals surface area contributed by atoms with Crippen LogP contribution in [0.15, 0.2) is 0 Å². The van der Waals surface area contributed by atoms with Crippen molar-refractivity contribution in [1.82, 2.24) is 5.32 Å². The number of alkyl carbamates (subject to hydrolysis) is 1. The van der Waals surface area contributed by atoms with Gasteiger partial charge in [0.15, 0.2) is 0 Å². The van der Waals surface area contributed by atoms with E-state index in [-0.39, 0.29) is 6.42 Å². The lowest BCUT2D eigenvalue weighted by Crippen LogP contribution is -2.57. The predicted octanol–water partition coefficient (Wildman–Crippen LogP) is 2.90. The quantitative estimate of drug-likeness (QED) is 0.828. The van der Waals surface area contributed by atoms with Crippen molar-refractivity contribution in [2.24, 2.45) is 5.73 Å². The van der Waals surface area contributed by atoms with E-state index in [0.29, 0.717) is 19.4 Å². The molecule has 1 rings (SSSR count). The molecule has 5 heteroatoms. The van der Waals surface area contributed by atoms with Crippen LogP contribution in [0.2, 0.25) is 0 Å². The fraction of sp³-hybridized carbons (Fsp3) is 0.929. The van der Waals surface area contributed by atoms with E-state index in [1.807, 2.05) is 0 Å². The Hall–Kier alpha value is -0.840. The first-order valence-corrected chi connectivity index (χ1v) is 7.14. The number of carbonyl (C=O) groups is 1. The fourth-order valence-electron chi connectivity index (χ4n) is 2.63. The van der Waals surface area contributed by atoms with Crippen molar-refractivity contribution in [1.29, 1.82) is 0 Å². The maximum absolute atomic E-state index is 14.4. The molecule has 4 nitrogen and oxygen atoms in total. The number of hydrogen-bond donors (Lipinski definition) is 2. The average molecular weight is 274 g/mol. The van der Waals surface area contributed by atoms with Crippen LogP contribution in [0.1, 0.15) is 59.3 Å². The van der Waals surface area contributed by atoms with Gasteiger partial charge in [0.2, 0.25) is 0 Å². The lowest BCUT2D eigenvalue weighted by atomic mass is 9.77. The van der Waals surface area contributed by atoms with Gasteiger partial charge in [0.25, 0.3) is 0 Å². The summed E-state index contributed by atoms with van der Waals surface area (Å²) in [4.78, 5) is 11.9. The number of rotatable bonds is 4. The Morgan fingerprint density at radius 3 is 2.42 bits per heavy atom. The number of nitrogens with one attached hydrogen (secondary N) is 1. The highest BCUT2D eigenvalue weighted by molar-refractivity contribution is 5.69. The molecule has 0 heterocycles. The highest BCUT2D eigenvalue weighted by Crippen LogP contribution is 2.34. The van der Waals surface area contributed by atoms with Crippen molar-refractivity contribution in [3.8, 4) is 0 Å². The lowest BCUT2D eigenvalue weighted by Gasteiger charge is -2.40. The average Bonchev–Trinajstić information content (AvgIpc) is 2.27. The minimum absolute atomic E-state index is 0.274. The molecule has 0 aromatic rings. The normalized spacial score (nSPS) is 20.7. The van der Waals surface area contributed by atoms with Gasteiger partial charge in [0, 0.05) is 0 Å². The van der Waals surface area contributed by atoms with Crippen molar-refractivity contribution >= 4 is 6.09 Å². The van der Waals surface area contributed by atoms with Crippen LogP contribution in [0, 0.1) is 0 Å². The molecular formula is C14H27FN2O2. The van der Waals surface area contributed by atoms with Gasteiger partial charge in [-0.2, -0.15) is 0 Å². The minimum atomic E-state index is -1.11. The van der Waals surface area contributed by atoms with Crippen LogP contribution in [0.25, 0.3) is 0 Å². The third-order valence-electron chi connectivity index (χ3n) is 3.52. The molecule has 0 saturated heterocycles. The lowest BCUT2D eigenvalue weighted by molar-refractivity contribution is 0.0290. The highest BCUT2D eigenvalue weighted by atomic mass is 19.1. The van der Waals surface area contributed by atoms with Gasteiger partial charge in [-0.25, -0.2) is 9.18 Å². The number of amides is 1. The smallest absolute Gasteiger partial charge is 0.408 e. The number of ether oxygens (including phenoxy) is 1. The van der Waals surface area contributed by atoms with Gasteiger partial charge in [-0.15, -0.1) is 0 Å². The van der Waals surface area contributed by atoms with Gasteiger partial charge in [0.05, 0.1) is 5.54 Å². The second-order valence-electron chi connectivity index (χ2n) is 6.39. The molecule has 0 aromatic carbocycles. The second-order valence-corrected chi connectivity index (χ2v) is 6.39.